The minimum absolute atomic E-state index is 0.0408. The number of carbonyl (C=O) groups excluding carboxylic acids is 1. The molecule has 0 saturated carbocycles. The summed E-state index contributed by atoms with van der Waals surface area (Å²) < 4.78 is 42.0. The highest BCUT2D eigenvalue weighted by molar-refractivity contribution is 7.09. The van der Waals surface area contributed by atoms with Crippen molar-refractivity contribution >= 4 is 28.3 Å². The Kier molecular flexibility index (Phi) is 7.57. The number of anilines is 1. The highest BCUT2D eigenvalue weighted by Crippen LogP contribution is 2.29. The number of rotatable bonds is 8. The van der Waals surface area contributed by atoms with E-state index in [9.17, 15) is 18.0 Å². The molecule has 10 heteroatoms. The number of nitrogens with one attached hydrogen (secondary N) is 1. The molecule has 0 bridgehead atoms. The van der Waals surface area contributed by atoms with Gasteiger partial charge in [0.15, 0.2) is 0 Å². The fourth-order valence-electron chi connectivity index (χ4n) is 2.75. The highest BCUT2D eigenvalue weighted by Gasteiger charge is 2.29. The molecule has 0 spiro atoms. The maximum atomic E-state index is 12.6. The Morgan fingerprint density at radius 3 is 2.56 bits per heavy atom. The van der Waals surface area contributed by atoms with Crippen LogP contribution in [0, 0.1) is 0 Å². The molecule has 0 saturated heterocycles. The summed E-state index contributed by atoms with van der Waals surface area (Å²) in [5.74, 6) is 0.490. The van der Waals surface area contributed by atoms with Gasteiger partial charge < -0.3 is 10.2 Å². The van der Waals surface area contributed by atoms with Gasteiger partial charge >= 0.3 is 6.18 Å². The summed E-state index contributed by atoms with van der Waals surface area (Å²) in [5.41, 5.74) is 2.00. The number of nitrogens with zero attached hydrogens (tertiary/aromatic N) is 3. The molecule has 0 aliphatic rings. The van der Waals surface area contributed by atoms with Crippen LogP contribution in [0.1, 0.15) is 41.9 Å². The average molecular weight is 462 g/mol. The first-order valence-corrected chi connectivity index (χ1v) is 10.6. The zero-order valence-electron chi connectivity index (χ0n) is 17.4. The zero-order valence-corrected chi connectivity index (χ0v) is 18.3. The van der Waals surface area contributed by atoms with Crippen LogP contribution < -0.4 is 5.32 Å². The predicted octanol–water partition coefficient (Wildman–Crippen LogP) is 5.24. The lowest BCUT2D eigenvalue weighted by Gasteiger charge is -2.08. The Labute approximate surface area is 187 Å². The van der Waals surface area contributed by atoms with E-state index in [-0.39, 0.29) is 18.9 Å². The van der Waals surface area contributed by atoms with Crippen molar-refractivity contribution in [1.82, 2.24) is 9.36 Å². The van der Waals surface area contributed by atoms with Crippen LogP contribution in [-0.2, 0) is 35.3 Å². The molecular weight excluding hydrogens is 441 g/mol. The van der Waals surface area contributed by atoms with Crippen molar-refractivity contribution in [3.05, 3.63) is 76.6 Å². The second kappa shape index (κ2) is 10.4. The molecule has 168 valence electrons. The van der Waals surface area contributed by atoms with Crippen molar-refractivity contribution in [3.8, 4) is 0 Å². The maximum absolute atomic E-state index is 12.6. The third-order valence-electron chi connectivity index (χ3n) is 4.45. The number of amides is 1. The molecule has 2 aromatic carbocycles. The van der Waals surface area contributed by atoms with Gasteiger partial charge in [0, 0.05) is 18.0 Å². The summed E-state index contributed by atoms with van der Waals surface area (Å²) in [6.45, 7) is 3.73. The molecule has 1 amide bonds. The minimum Gasteiger partial charge on any atom is -0.391 e. The molecule has 0 fully saturated rings. The second-order valence-corrected chi connectivity index (χ2v) is 7.69. The third kappa shape index (κ3) is 6.61. The normalized spacial score (nSPS) is 12.0. The first-order valence-electron chi connectivity index (χ1n) is 9.79. The summed E-state index contributed by atoms with van der Waals surface area (Å²) in [7, 11) is 0. The van der Waals surface area contributed by atoms with Gasteiger partial charge in [-0.05, 0) is 41.8 Å². The fourth-order valence-corrected chi connectivity index (χ4v) is 3.42. The molecular formula is C22H21F3N4O2S. The van der Waals surface area contributed by atoms with Gasteiger partial charge in [0.25, 0.3) is 0 Å². The lowest BCUT2D eigenvalue weighted by molar-refractivity contribution is -0.137. The second-order valence-electron chi connectivity index (χ2n) is 6.94. The van der Waals surface area contributed by atoms with E-state index in [1.54, 1.807) is 6.92 Å². The number of hydrogen-bond donors (Lipinski definition) is 1. The Bertz CT molecular complexity index is 1100. The Hall–Kier alpha value is -3.27. The minimum atomic E-state index is -4.37. The predicted molar refractivity (Wildman–Crippen MR) is 117 cm³/mol. The summed E-state index contributed by atoms with van der Waals surface area (Å²) >= 11 is 1.15. The average Bonchev–Trinajstić information content (AvgIpc) is 3.21. The van der Waals surface area contributed by atoms with Crippen LogP contribution in [-0.4, -0.2) is 21.0 Å². The van der Waals surface area contributed by atoms with Gasteiger partial charge in [0.1, 0.15) is 12.4 Å². The van der Waals surface area contributed by atoms with Crippen LogP contribution in [0.5, 0.6) is 0 Å². The smallest absolute Gasteiger partial charge is 0.391 e. The van der Waals surface area contributed by atoms with Gasteiger partial charge in [-0.2, -0.15) is 17.5 Å². The molecule has 1 N–H and O–H groups in total. The SMILES string of the molecule is CCc1nsc(NC(=O)Cc2cccc(/C(C)=N\OCc3ccc(C(F)(F)F)cc3)c2)n1. The molecule has 0 atom stereocenters. The quantitative estimate of drug-likeness (QED) is 0.367. The van der Waals surface area contributed by atoms with Gasteiger partial charge in [-0.15, -0.1) is 0 Å². The van der Waals surface area contributed by atoms with E-state index in [2.05, 4.69) is 19.8 Å². The number of benzene rings is 2. The van der Waals surface area contributed by atoms with Gasteiger partial charge in [-0.25, -0.2) is 4.98 Å². The number of halogens is 3. The maximum Gasteiger partial charge on any atom is 0.416 e. The Morgan fingerprint density at radius 2 is 1.91 bits per heavy atom. The fraction of sp³-hybridized carbons (Fsp3) is 0.273. The van der Waals surface area contributed by atoms with Crippen molar-refractivity contribution in [1.29, 1.82) is 0 Å². The number of oxime groups is 1. The van der Waals surface area contributed by atoms with Crippen LogP contribution >= 0.6 is 11.5 Å². The number of alkyl halides is 3. The first kappa shape index (κ1) is 23.4. The van der Waals surface area contributed by atoms with Crippen molar-refractivity contribution < 1.29 is 22.8 Å². The largest absolute Gasteiger partial charge is 0.416 e. The van der Waals surface area contributed by atoms with Crippen molar-refractivity contribution in [3.63, 3.8) is 0 Å². The van der Waals surface area contributed by atoms with Gasteiger partial charge in [-0.1, -0.05) is 42.4 Å². The van der Waals surface area contributed by atoms with Gasteiger partial charge in [-0.3, -0.25) is 4.79 Å². The van der Waals surface area contributed by atoms with E-state index < -0.39 is 11.7 Å². The van der Waals surface area contributed by atoms with Crippen molar-refractivity contribution in [2.24, 2.45) is 5.16 Å². The highest BCUT2D eigenvalue weighted by atomic mass is 32.1. The van der Waals surface area contributed by atoms with E-state index in [0.29, 0.717) is 28.7 Å². The number of hydrogen-bond acceptors (Lipinski definition) is 6. The van der Waals surface area contributed by atoms with E-state index in [1.165, 1.54) is 12.1 Å². The van der Waals surface area contributed by atoms with E-state index in [0.717, 1.165) is 34.8 Å². The summed E-state index contributed by atoms with van der Waals surface area (Å²) in [6, 6.07) is 12.0. The van der Waals surface area contributed by atoms with Gasteiger partial charge in [0.2, 0.25) is 11.0 Å². The lowest BCUT2D eigenvalue weighted by atomic mass is 10.1. The molecule has 1 aromatic heterocycles. The summed E-state index contributed by atoms with van der Waals surface area (Å²) in [4.78, 5) is 21.8. The topological polar surface area (TPSA) is 76.5 Å². The Morgan fingerprint density at radius 1 is 1.16 bits per heavy atom. The molecule has 3 aromatic rings. The van der Waals surface area contributed by atoms with Crippen LogP contribution in [0.4, 0.5) is 18.3 Å². The van der Waals surface area contributed by atoms with E-state index >= 15 is 0 Å². The summed E-state index contributed by atoms with van der Waals surface area (Å²) in [6.07, 6.45) is -3.51. The molecule has 0 unspecified atom stereocenters. The first-order chi connectivity index (χ1) is 15.2. The van der Waals surface area contributed by atoms with Crippen LogP contribution in [0.3, 0.4) is 0 Å². The monoisotopic (exact) mass is 462 g/mol. The lowest BCUT2D eigenvalue weighted by Crippen LogP contribution is -2.14. The summed E-state index contributed by atoms with van der Waals surface area (Å²) in [5, 5.41) is 7.25. The van der Waals surface area contributed by atoms with Crippen LogP contribution in [0.2, 0.25) is 0 Å². The zero-order chi connectivity index (χ0) is 23.1. The Balaban J connectivity index is 1.56. The van der Waals surface area contributed by atoms with Crippen molar-refractivity contribution in [2.45, 2.75) is 39.5 Å². The van der Waals surface area contributed by atoms with Crippen LogP contribution in [0.15, 0.2) is 53.7 Å². The molecule has 3 rings (SSSR count). The number of aromatic nitrogens is 2. The molecule has 0 aliphatic heterocycles. The van der Waals surface area contributed by atoms with Crippen LogP contribution in [0.25, 0.3) is 0 Å². The third-order valence-corrected chi connectivity index (χ3v) is 5.12. The van der Waals surface area contributed by atoms with Crippen molar-refractivity contribution in [2.75, 3.05) is 5.32 Å². The number of carbonyl (C=O) groups is 1. The van der Waals surface area contributed by atoms with Gasteiger partial charge in [0.05, 0.1) is 17.7 Å². The molecule has 6 nitrogen and oxygen atoms in total. The molecule has 0 radical (unpaired) electrons. The molecule has 1 heterocycles. The standard InChI is InChI=1S/C22H21F3N4O2S/c1-3-19-26-21(32-29-19)27-20(30)12-16-5-4-6-17(11-16)14(2)28-31-13-15-7-9-18(10-8-15)22(23,24)25/h4-11H,3,12-13H2,1-2H3,(H,26,27,29,30)/b28-14-. The van der Waals surface area contributed by atoms with E-state index in [4.69, 9.17) is 4.84 Å². The molecule has 32 heavy (non-hydrogen) atoms. The molecule has 0 aliphatic carbocycles. The van der Waals surface area contributed by atoms with E-state index in [1.807, 2.05) is 31.2 Å². The number of aryl methyl sites for hydroxylation is 1.